The van der Waals surface area contributed by atoms with Crippen LogP contribution in [-0.4, -0.2) is 41.9 Å². The van der Waals surface area contributed by atoms with Gasteiger partial charge in [0.25, 0.3) is 0 Å². The third-order valence-electron chi connectivity index (χ3n) is 1.62. The average molecular weight is 298 g/mol. The molecule has 0 aromatic carbocycles. The number of alkyl halides is 4. The normalized spacial score (nSPS) is 22.8. The van der Waals surface area contributed by atoms with Crippen molar-refractivity contribution in [3.8, 4) is 0 Å². The fourth-order valence-corrected chi connectivity index (χ4v) is 1.83. The number of halogens is 4. The molecule has 0 aliphatic carbocycles. The summed E-state index contributed by atoms with van der Waals surface area (Å²) in [5.41, 5.74) is -0.613. The maximum Gasteiger partial charge on any atom is 0.194 e. The first-order chi connectivity index (χ1) is 6.97. The minimum Gasteiger partial charge on any atom is -0.376 e. The van der Waals surface area contributed by atoms with Crippen molar-refractivity contribution in [2.24, 2.45) is 0 Å². The molecule has 0 saturated carbocycles. The van der Waals surface area contributed by atoms with E-state index in [9.17, 15) is 0 Å². The Morgan fingerprint density at radius 3 is 2.53 bits per heavy atom. The summed E-state index contributed by atoms with van der Waals surface area (Å²) in [4.78, 5) is 0. The summed E-state index contributed by atoms with van der Waals surface area (Å²) < 4.78 is 14.0. The van der Waals surface area contributed by atoms with Crippen LogP contribution in [0.3, 0.4) is 0 Å². The Labute approximate surface area is 109 Å². The van der Waals surface area contributed by atoms with Gasteiger partial charge in [0.2, 0.25) is 0 Å². The maximum atomic E-state index is 5.76. The lowest BCUT2D eigenvalue weighted by atomic mass is 10.5. The molecule has 1 fully saturated rings. The predicted molar refractivity (Wildman–Crippen MR) is 61.1 cm³/mol. The second-order valence-electron chi connectivity index (χ2n) is 3.13. The highest BCUT2D eigenvalue weighted by atomic mass is 35.6. The molecular formula is C8H12Cl4O3. The van der Waals surface area contributed by atoms with E-state index in [0.29, 0.717) is 19.8 Å². The lowest BCUT2D eigenvalue weighted by Crippen LogP contribution is -2.18. The van der Waals surface area contributed by atoms with Gasteiger partial charge in [-0.15, -0.1) is 0 Å². The highest BCUT2D eigenvalue weighted by Gasteiger charge is 2.25. The van der Waals surface area contributed by atoms with Crippen LogP contribution >= 0.6 is 46.4 Å². The van der Waals surface area contributed by atoms with Crippen molar-refractivity contribution < 1.29 is 14.2 Å². The van der Waals surface area contributed by atoms with Gasteiger partial charge in [0.1, 0.15) is 11.7 Å². The number of rotatable bonds is 7. The van der Waals surface area contributed by atoms with E-state index < -0.39 is 9.36 Å². The zero-order valence-corrected chi connectivity index (χ0v) is 11.0. The Morgan fingerprint density at radius 1 is 1.33 bits per heavy atom. The molecule has 2 atom stereocenters. The molecule has 15 heavy (non-hydrogen) atoms. The molecule has 0 N–H and O–H groups in total. The Balaban J connectivity index is 1.89. The van der Waals surface area contributed by atoms with Gasteiger partial charge in [0.15, 0.2) is 3.79 Å². The van der Waals surface area contributed by atoms with Gasteiger partial charge in [-0.1, -0.05) is 46.4 Å². The molecule has 1 rings (SSSR count). The van der Waals surface area contributed by atoms with Gasteiger partial charge in [-0.2, -0.15) is 0 Å². The molecule has 0 radical (unpaired) electrons. The summed E-state index contributed by atoms with van der Waals surface area (Å²) in [6, 6.07) is 0. The predicted octanol–water partition coefficient (Wildman–Crippen LogP) is 2.74. The highest BCUT2D eigenvalue weighted by Crippen LogP contribution is 2.33. The second-order valence-corrected chi connectivity index (χ2v) is 6.13. The third kappa shape index (κ3) is 8.81. The van der Waals surface area contributed by atoms with E-state index in [4.69, 9.17) is 60.6 Å². The smallest absolute Gasteiger partial charge is 0.194 e. The van der Waals surface area contributed by atoms with E-state index in [1.54, 1.807) is 0 Å². The van der Waals surface area contributed by atoms with Crippen LogP contribution in [0.4, 0.5) is 0 Å². The van der Waals surface area contributed by atoms with Crippen LogP contribution in [0, 0.1) is 0 Å². The third-order valence-corrected chi connectivity index (χ3v) is 2.37. The van der Waals surface area contributed by atoms with Gasteiger partial charge in [-0.3, -0.25) is 0 Å². The highest BCUT2D eigenvalue weighted by molar-refractivity contribution is 6.67. The van der Waals surface area contributed by atoms with Crippen LogP contribution in [0.2, 0.25) is 0 Å². The zero-order valence-electron chi connectivity index (χ0n) is 7.93. The van der Waals surface area contributed by atoms with Crippen LogP contribution in [0.25, 0.3) is 0 Å². The lowest BCUT2D eigenvalue weighted by molar-refractivity contribution is 0.0282. The van der Waals surface area contributed by atoms with Gasteiger partial charge < -0.3 is 14.2 Å². The summed E-state index contributed by atoms with van der Waals surface area (Å²) in [6.07, 6.45) is 0.406. The van der Waals surface area contributed by atoms with Gasteiger partial charge in [-0.25, -0.2) is 0 Å². The lowest BCUT2D eigenvalue weighted by Gasteiger charge is -2.16. The Hall–Kier alpha value is 1.04. The fraction of sp³-hybridized carbons (Fsp3) is 1.00. The second kappa shape index (κ2) is 6.70. The number of ether oxygens (including phenoxy) is 3. The Kier molecular flexibility index (Phi) is 6.30. The maximum absolute atomic E-state index is 5.76. The summed E-state index contributed by atoms with van der Waals surface area (Å²) >= 11 is 22.4. The van der Waals surface area contributed by atoms with Gasteiger partial charge in [0, 0.05) is 6.42 Å². The molecule has 1 heterocycles. The number of hydrogen-bond acceptors (Lipinski definition) is 3. The van der Waals surface area contributed by atoms with Crippen molar-refractivity contribution in [3.63, 3.8) is 0 Å². The zero-order chi connectivity index (χ0) is 11.3. The van der Waals surface area contributed by atoms with Crippen LogP contribution in [0.1, 0.15) is 6.42 Å². The van der Waals surface area contributed by atoms with E-state index in [1.807, 2.05) is 0 Å². The molecule has 0 bridgehead atoms. The summed E-state index contributed by atoms with van der Waals surface area (Å²) in [7, 11) is 0. The van der Waals surface area contributed by atoms with Gasteiger partial charge >= 0.3 is 0 Å². The summed E-state index contributed by atoms with van der Waals surface area (Å²) in [5.74, 6) is 0. The van der Waals surface area contributed by atoms with E-state index >= 15 is 0 Å². The fourth-order valence-electron chi connectivity index (χ4n) is 0.855. The SMILES string of the molecule is ClC(CC(Cl)(Cl)Cl)OCCOCC1CO1. The van der Waals surface area contributed by atoms with Crippen molar-refractivity contribution in [2.45, 2.75) is 21.9 Å². The molecule has 0 spiro atoms. The Morgan fingerprint density at radius 2 is 2.00 bits per heavy atom. The average Bonchev–Trinajstić information content (AvgIpc) is 2.83. The molecular weight excluding hydrogens is 286 g/mol. The van der Waals surface area contributed by atoms with Crippen molar-refractivity contribution in [1.29, 1.82) is 0 Å². The first-order valence-corrected chi connectivity index (χ1v) is 6.06. The number of epoxide rings is 1. The van der Waals surface area contributed by atoms with Gasteiger partial charge in [0.05, 0.1) is 26.4 Å². The van der Waals surface area contributed by atoms with Crippen LogP contribution in [-0.2, 0) is 14.2 Å². The van der Waals surface area contributed by atoms with Crippen molar-refractivity contribution in [1.82, 2.24) is 0 Å². The molecule has 0 aromatic rings. The minimum atomic E-state index is -1.38. The molecule has 1 saturated heterocycles. The van der Waals surface area contributed by atoms with Crippen LogP contribution < -0.4 is 0 Å². The molecule has 1 aliphatic heterocycles. The molecule has 2 unspecified atom stereocenters. The quantitative estimate of drug-likeness (QED) is 0.411. The van der Waals surface area contributed by atoms with Crippen LogP contribution in [0.15, 0.2) is 0 Å². The molecule has 0 amide bonds. The van der Waals surface area contributed by atoms with Crippen molar-refractivity contribution >= 4 is 46.4 Å². The van der Waals surface area contributed by atoms with Crippen molar-refractivity contribution in [3.05, 3.63) is 0 Å². The van der Waals surface area contributed by atoms with E-state index in [-0.39, 0.29) is 12.5 Å². The first kappa shape index (κ1) is 14.1. The van der Waals surface area contributed by atoms with Crippen LogP contribution in [0.5, 0.6) is 0 Å². The molecule has 0 aromatic heterocycles. The molecule has 3 nitrogen and oxygen atoms in total. The standard InChI is InChI=1S/C8H12Cl4O3/c9-7(3-8(10,11)12)14-2-1-13-4-6-5-15-6/h6-7H,1-5H2. The monoisotopic (exact) mass is 296 g/mol. The molecule has 7 heteroatoms. The van der Waals surface area contributed by atoms with E-state index in [2.05, 4.69) is 0 Å². The van der Waals surface area contributed by atoms with E-state index in [1.165, 1.54) is 0 Å². The van der Waals surface area contributed by atoms with E-state index in [0.717, 1.165) is 6.61 Å². The van der Waals surface area contributed by atoms with Crippen molar-refractivity contribution in [2.75, 3.05) is 26.4 Å². The first-order valence-electron chi connectivity index (χ1n) is 4.49. The number of hydrogen-bond donors (Lipinski definition) is 0. The largest absolute Gasteiger partial charge is 0.376 e. The molecule has 90 valence electrons. The molecule has 1 aliphatic rings. The summed E-state index contributed by atoms with van der Waals surface area (Å²) in [6.45, 7) is 2.22. The topological polar surface area (TPSA) is 31.0 Å². The minimum absolute atomic E-state index is 0.144. The van der Waals surface area contributed by atoms with Gasteiger partial charge in [-0.05, 0) is 0 Å². The summed E-state index contributed by atoms with van der Waals surface area (Å²) in [5, 5.41) is 0. The Bertz CT molecular complexity index is 181.